The summed E-state index contributed by atoms with van der Waals surface area (Å²) in [5, 5.41) is 14.0. The summed E-state index contributed by atoms with van der Waals surface area (Å²) in [7, 11) is 0. The van der Waals surface area contributed by atoms with E-state index in [0.717, 1.165) is 11.3 Å². The summed E-state index contributed by atoms with van der Waals surface area (Å²) in [5.74, 6) is -1.27. The average molecular weight is 380 g/mol. The Balaban J connectivity index is 1.94. The molecule has 0 bridgehead atoms. The molecule has 1 amide bonds. The number of benzene rings is 2. The lowest BCUT2D eigenvalue weighted by Gasteiger charge is -2.26. The number of amides is 1. The van der Waals surface area contributed by atoms with Gasteiger partial charge in [0.15, 0.2) is 0 Å². The number of thiophene rings is 1. The highest BCUT2D eigenvalue weighted by Gasteiger charge is 2.17. The topological polar surface area (TPSA) is 69.6 Å². The minimum atomic E-state index is -1.03. The van der Waals surface area contributed by atoms with Crippen LogP contribution in [0.15, 0.2) is 66.0 Å². The highest BCUT2D eigenvalue weighted by atomic mass is 32.1. The van der Waals surface area contributed by atoms with E-state index >= 15 is 0 Å². The number of nitrogens with zero attached hydrogens (tertiary/aromatic N) is 1. The van der Waals surface area contributed by atoms with E-state index < -0.39 is 5.97 Å². The van der Waals surface area contributed by atoms with Crippen LogP contribution in [0.2, 0.25) is 0 Å². The van der Waals surface area contributed by atoms with Crippen LogP contribution in [-0.2, 0) is 6.54 Å². The van der Waals surface area contributed by atoms with Crippen LogP contribution in [0.25, 0.3) is 0 Å². The first-order valence-corrected chi connectivity index (χ1v) is 9.47. The van der Waals surface area contributed by atoms with Crippen molar-refractivity contribution < 1.29 is 14.7 Å². The maximum atomic E-state index is 12.5. The molecule has 2 N–H and O–H groups in total. The first-order valence-electron chi connectivity index (χ1n) is 8.59. The van der Waals surface area contributed by atoms with Gasteiger partial charge in [0.25, 0.3) is 5.91 Å². The first-order chi connectivity index (χ1) is 13.1. The van der Waals surface area contributed by atoms with Crippen LogP contribution in [0.3, 0.4) is 0 Å². The SMILES string of the molecule is CCN(Cc1ccccc1)c1ccc(C(=O)O)cc1NC(=O)c1cccs1. The predicted octanol–water partition coefficient (Wildman–Crippen LogP) is 4.73. The van der Waals surface area contributed by atoms with Crippen molar-refractivity contribution in [3.05, 3.63) is 82.0 Å². The maximum Gasteiger partial charge on any atom is 0.335 e. The summed E-state index contributed by atoms with van der Waals surface area (Å²) < 4.78 is 0. The molecule has 0 atom stereocenters. The number of carbonyl (C=O) groups is 2. The third-order valence-electron chi connectivity index (χ3n) is 4.18. The van der Waals surface area contributed by atoms with Crippen molar-refractivity contribution in [2.45, 2.75) is 13.5 Å². The molecule has 5 nitrogen and oxygen atoms in total. The molecule has 0 spiro atoms. The van der Waals surface area contributed by atoms with Gasteiger partial charge in [-0.05, 0) is 42.1 Å². The second kappa shape index (κ2) is 8.51. The Labute approximate surface area is 161 Å². The molecule has 0 saturated heterocycles. The van der Waals surface area contributed by atoms with Gasteiger partial charge >= 0.3 is 5.97 Å². The quantitative estimate of drug-likeness (QED) is 0.622. The van der Waals surface area contributed by atoms with Crippen LogP contribution in [0.5, 0.6) is 0 Å². The highest BCUT2D eigenvalue weighted by molar-refractivity contribution is 7.12. The Hall–Kier alpha value is -3.12. The number of carbonyl (C=O) groups excluding carboxylic acids is 1. The number of carboxylic acid groups (broad SMARTS) is 1. The molecule has 0 aliphatic heterocycles. The van der Waals surface area contributed by atoms with Crippen molar-refractivity contribution in [1.29, 1.82) is 0 Å². The van der Waals surface area contributed by atoms with Crippen molar-refractivity contribution in [2.24, 2.45) is 0 Å². The van der Waals surface area contributed by atoms with Crippen LogP contribution in [0, 0.1) is 0 Å². The van der Waals surface area contributed by atoms with E-state index in [4.69, 9.17) is 0 Å². The Morgan fingerprint density at radius 3 is 2.48 bits per heavy atom. The van der Waals surface area contributed by atoms with Crippen LogP contribution >= 0.6 is 11.3 Å². The summed E-state index contributed by atoms with van der Waals surface area (Å²) in [6.45, 7) is 3.40. The lowest BCUT2D eigenvalue weighted by Crippen LogP contribution is -2.24. The fourth-order valence-electron chi connectivity index (χ4n) is 2.81. The van der Waals surface area contributed by atoms with Crippen LogP contribution < -0.4 is 10.2 Å². The van der Waals surface area contributed by atoms with Gasteiger partial charge in [0.05, 0.1) is 21.8 Å². The minimum absolute atomic E-state index is 0.135. The lowest BCUT2D eigenvalue weighted by atomic mass is 10.1. The molecule has 138 valence electrons. The second-order valence-corrected chi connectivity index (χ2v) is 6.92. The number of rotatable bonds is 7. The van der Waals surface area contributed by atoms with E-state index in [1.54, 1.807) is 18.2 Å². The molecule has 0 aliphatic carbocycles. The Morgan fingerprint density at radius 2 is 1.85 bits per heavy atom. The first kappa shape index (κ1) is 18.7. The average Bonchev–Trinajstić information content (AvgIpc) is 3.22. The van der Waals surface area contributed by atoms with Gasteiger partial charge < -0.3 is 15.3 Å². The Morgan fingerprint density at radius 1 is 1.07 bits per heavy atom. The van der Waals surface area contributed by atoms with Gasteiger partial charge in [-0.2, -0.15) is 0 Å². The van der Waals surface area contributed by atoms with E-state index in [9.17, 15) is 14.7 Å². The lowest BCUT2D eigenvalue weighted by molar-refractivity contribution is 0.0696. The molecule has 27 heavy (non-hydrogen) atoms. The van der Waals surface area contributed by atoms with Gasteiger partial charge in [0.2, 0.25) is 0 Å². The number of anilines is 2. The van der Waals surface area contributed by atoms with Crippen LogP contribution in [0.1, 0.15) is 32.5 Å². The molecular weight excluding hydrogens is 360 g/mol. The van der Waals surface area contributed by atoms with E-state index in [-0.39, 0.29) is 11.5 Å². The molecule has 3 rings (SSSR count). The van der Waals surface area contributed by atoms with Gasteiger partial charge in [-0.3, -0.25) is 4.79 Å². The normalized spacial score (nSPS) is 10.4. The number of carboxylic acids is 1. The highest BCUT2D eigenvalue weighted by Crippen LogP contribution is 2.29. The predicted molar refractivity (Wildman–Crippen MR) is 109 cm³/mol. The fourth-order valence-corrected chi connectivity index (χ4v) is 3.43. The molecule has 0 radical (unpaired) electrons. The number of nitrogens with one attached hydrogen (secondary N) is 1. The van der Waals surface area contributed by atoms with Gasteiger partial charge in [-0.1, -0.05) is 36.4 Å². The second-order valence-electron chi connectivity index (χ2n) is 5.97. The fraction of sp³-hybridized carbons (Fsp3) is 0.143. The van der Waals surface area contributed by atoms with E-state index in [0.29, 0.717) is 23.7 Å². The molecule has 1 aromatic heterocycles. The molecule has 2 aromatic carbocycles. The summed E-state index contributed by atoms with van der Waals surface area (Å²) in [6.07, 6.45) is 0. The number of hydrogen-bond donors (Lipinski definition) is 2. The van der Waals surface area contributed by atoms with Gasteiger partial charge in [-0.25, -0.2) is 4.79 Å². The van der Waals surface area contributed by atoms with Crippen LogP contribution in [-0.4, -0.2) is 23.5 Å². The molecule has 0 fully saturated rings. The molecule has 3 aromatic rings. The van der Waals surface area contributed by atoms with Gasteiger partial charge in [-0.15, -0.1) is 11.3 Å². The maximum absolute atomic E-state index is 12.5. The monoisotopic (exact) mass is 380 g/mol. The number of aromatic carboxylic acids is 1. The smallest absolute Gasteiger partial charge is 0.335 e. The van der Waals surface area contributed by atoms with Crippen molar-refractivity contribution in [1.82, 2.24) is 0 Å². The van der Waals surface area contributed by atoms with Crippen molar-refractivity contribution in [3.8, 4) is 0 Å². The zero-order chi connectivity index (χ0) is 19.2. The number of hydrogen-bond acceptors (Lipinski definition) is 4. The molecule has 1 heterocycles. The molecule has 0 saturated carbocycles. The van der Waals surface area contributed by atoms with E-state index in [1.807, 2.05) is 48.7 Å². The molecule has 6 heteroatoms. The third kappa shape index (κ3) is 4.54. The molecule has 0 aliphatic rings. The Kier molecular flexibility index (Phi) is 5.88. The van der Waals surface area contributed by atoms with Crippen molar-refractivity contribution >= 4 is 34.6 Å². The van der Waals surface area contributed by atoms with E-state index in [2.05, 4.69) is 10.2 Å². The zero-order valence-electron chi connectivity index (χ0n) is 14.9. The van der Waals surface area contributed by atoms with Crippen molar-refractivity contribution in [3.63, 3.8) is 0 Å². The van der Waals surface area contributed by atoms with Crippen molar-refractivity contribution in [2.75, 3.05) is 16.8 Å². The summed E-state index contributed by atoms with van der Waals surface area (Å²) in [4.78, 5) is 26.6. The summed E-state index contributed by atoms with van der Waals surface area (Å²) >= 11 is 1.34. The largest absolute Gasteiger partial charge is 0.478 e. The van der Waals surface area contributed by atoms with E-state index in [1.165, 1.54) is 17.4 Å². The third-order valence-corrected chi connectivity index (χ3v) is 5.04. The Bertz CT molecular complexity index is 924. The van der Waals surface area contributed by atoms with Crippen LogP contribution in [0.4, 0.5) is 11.4 Å². The standard InChI is InChI=1S/C21H20N2O3S/c1-2-23(14-15-7-4-3-5-8-15)18-11-10-16(21(25)26)13-17(18)22-20(24)19-9-6-12-27-19/h3-13H,2,14H2,1H3,(H,22,24)(H,25,26). The van der Waals surface area contributed by atoms with Gasteiger partial charge in [0, 0.05) is 13.1 Å². The van der Waals surface area contributed by atoms with Gasteiger partial charge in [0.1, 0.15) is 0 Å². The molecular formula is C21H20N2O3S. The zero-order valence-corrected chi connectivity index (χ0v) is 15.7. The minimum Gasteiger partial charge on any atom is -0.478 e. The summed E-state index contributed by atoms with van der Waals surface area (Å²) in [5.41, 5.74) is 2.55. The summed E-state index contributed by atoms with van der Waals surface area (Å²) in [6, 6.07) is 18.4. The molecule has 0 unspecified atom stereocenters.